The Morgan fingerprint density at radius 3 is 3.16 bits per heavy atom. The third-order valence-electron chi connectivity index (χ3n) is 4.12. The summed E-state index contributed by atoms with van der Waals surface area (Å²) in [7, 11) is 0. The first kappa shape index (κ1) is 12.9. The molecule has 2 heterocycles. The fraction of sp³-hybridized carbons (Fsp3) is 0.625. The van der Waals surface area contributed by atoms with Crippen LogP contribution in [0, 0.1) is 0 Å². The minimum absolute atomic E-state index is 0.882. The Labute approximate surface area is 115 Å². The maximum Gasteiger partial charge on any atom is 0.122 e. The van der Waals surface area contributed by atoms with Gasteiger partial charge in [0.25, 0.3) is 0 Å². The second kappa shape index (κ2) is 6.40. The summed E-state index contributed by atoms with van der Waals surface area (Å²) in [4.78, 5) is 2.58. The van der Waals surface area contributed by atoms with Crippen molar-refractivity contribution in [1.29, 1.82) is 0 Å². The van der Waals surface area contributed by atoms with Gasteiger partial charge in [0.15, 0.2) is 0 Å². The first-order valence-electron chi connectivity index (χ1n) is 7.59. The lowest BCUT2D eigenvalue weighted by Gasteiger charge is -2.21. The molecule has 3 heteroatoms. The van der Waals surface area contributed by atoms with E-state index in [9.17, 15) is 0 Å². The van der Waals surface area contributed by atoms with Gasteiger partial charge in [-0.3, -0.25) is 0 Å². The molecule has 19 heavy (non-hydrogen) atoms. The van der Waals surface area contributed by atoms with Crippen LogP contribution in [0.5, 0.6) is 5.75 Å². The van der Waals surface area contributed by atoms with Gasteiger partial charge >= 0.3 is 0 Å². The lowest BCUT2D eigenvalue weighted by Crippen LogP contribution is -2.30. The molecule has 0 aromatic heterocycles. The first-order valence-corrected chi connectivity index (χ1v) is 7.59. The van der Waals surface area contributed by atoms with Gasteiger partial charge in [-0.1, -0.05) is 12.1 Å². The van der Waals surface area contributed by atoms with Crippen molar-refractivity contribution >= 4 is 0 Å². The topological polar surface area (TPSA) is 24.5 Å². The first-order chi connectivity index (χ1) is 9.42. The number of nitrogens with one attached hydrogen (secondary N) is 1. The van der Waals surface area contributed by atoms with Crippen LogP contribution in [0.15, 0.2) is 18.2 Å². The van der Waals surface area contributed by atoms with Gasteiger partial charge in [-0.2, -0.15) is 0 Å². The van der Waals surface area contributed by atoms with E-state index in [1.54, 1.807) is 0 Å². The zero-order chi connectivity index (χ0) is 12.9. The van der Waals surface area contributed by atoms with Gasteiger partial charge in [-0.05, 0) is 56.0 Å². The molecule has 1 saturated heterocycles. The third kappa shape index (κ3) is 3.48. The summed E-state index contributed by atoms with van der Waals surface area (Å²) in [5.41, 5.74) is 2.86. The molecule has 0 spiro atoms. The maximum atomic E-state index is 5.67. The van der Waals surface area contributed by atoms with Gasteiger partial charge in [-0.25, -0.2) is 0 Å². The molecule has 0 amide bonds. The zero-order valence-corrected chi connectivity index (χ0v) is 11.7. The van der Waals surface area contributed by atoms with Crippen molar-refractivity contribution in [3.05, 3.63) is 29.3 Å². The molecule has 0 saturated carbocycles. The summed E-state index contributed by atoms with van der Waals surface area (Å²) in [5.74, 6) is 1.11. The van der Waals surface area contributed by atoms with Gasteiger partial charge in [0.1, 0.15) is 5.75 Å². The maximum absolute atomic E-state index is 5.67. The predicted octanol–water partition coefficient (Wildman–Crippen LogP) is 1.85. The van der Waals surface area contributed by atoms with E-state index in [-0.39, 0.29) is 0 Å². The summed E-state index contributed by atoms with van der Waals surface area (Å²) < 4.78 is 5.67. The third-order valence-corrected chi connectivity index (χ3v) is 4.12. The van der Waals surface area contributed by atoms with Gasteiger partial charge in [0.2, 0.25) is 0 Å². The summed E-state index contributed by atoms with van der Waals surface area (Å²) in [6.45, 7) is 6.80. The molecule has 1 fully saturated rings. The lowest BCUT2D eigenvalue weighted by atomic mass is 10.0. The smallest absolute Gasteiger partial charge is 0.122 e. The van der Waals surface area contributed by atoms with Crippen LogP contribution in [-0.2, 0) is 12.8 Å². The summed E-state index contributed by atoms with van der Waals surface area (Å²) in [6.07, 6.45) is 4.77. The Bertz CT molecular complexity index is 411. The molecular formula is C16H24N2O. The number of hydrogen-bond acceptors (Lipinski definition) is 3. The van der Waals surface area contributed by atoms with Crippen molar-refractivity contribution < 1.29 is 4.74 Å². The fourth-order valence-electron chi connectivity index (χ4n) is 2.98. The fourth-order valence-corrected chi connectivity index (χ4v) is 2.98. The average Bonchev–Trinajstić information content (AvgIpc) is 2.73. The Morgan fingerprint density at radius 1 is 1.16 bits per heavy atom. The van der Waals surface area contributed by atoms with Crippen LogP contribution in [0.3, 0.4) is 0 Å². The van der Waals surface area contributed by atoms with E-state index < -0.39 is 0 Å². The molecule has 104 valence electrons. The highest BCUT2D eigenvalue weighted by molar-refractivity contribution is 5.38. The van der Waals surface area contributed by atoms with Crippen LogP contribution < -0.4 is 10.1 Å². The molecule has 1 N–H and O–H groups in total. The molecule has 1 aromatic rings. The zero-order valence-electron chi connectivity index (χ0n) is 11.7. The molecule has 0 bridgehead atoms. The number of rotatable bonds is 3. The lowest BCUT2D eigenvalue weighted by molar-refractivity contribution is 0.287. The highest BCUT2D eigenvalue weighted by atomic mass is 16.5. The van der Waals surface area contributed by atoms with Crippen LogP contribution in [0.1, 0.15) is 24.0 Å². The second-order valence-corrected chi connectivity index (χ2v) is 5.59. The van der Waals surface area contributed by atoms with Crippen molar-refractivity contribution in [3.8, 4) is 5.75 Å². The van der Waals surface area contributed by atoms with Gasteiger partial charge < -0.3 is 15.0 Å². The number of nitrogens with zero attached hydrogens (tertiary/aromatic N) is 1. The van der Waals surface area contributed by atoms with Gasteiger partial charge in [0, 0.05) is 19.6 Å². The van der Waals surface area contributed by atoms with Crippen LogP contribution in [0.4, 0.5) is 0 Å². The van der Waals surface area contributed by atoms with Crippen LogP contribution in [0.25, 0.3) is 0 Å². The minimum atomic E-state index is 0.882. The van der Waals surface area contributed by atoms with Crippen molar-refractivity contribution in [2.45, 2.75) is 25.7 Å². The van der Waals surface area contributed by atoms with E-state index in [1.807, 2.05) is 0 Å². The number of fused-ring (bicyclic) bond motifs is 1. The van der Waals surface area contributed by atoms with Crippen molar-refractivity contribution in [1.82, 2.24) is 10.2 Å². The molecule has 1 aromatic carbocycles. The highest BCUT2D eigenvalue weighted by Crippen LogP contribution is 2.25. The molecule has 0 atom stereocenters. The van der Waals surface area contributed by atoms with Crippen LogP contribution in [-0.4, -0.2) is 44.2 Å². The monoisotopic (exact) mass is 260 g/mol. The molecule has 3 nitrogen and oxygen atoms in total. The summed E-state index contributed by atoms with van der Waals surface area (Å²) in [6, 6.07) is 6.75. The highest BCUT2D eigenvalue weighted by Gasteiger charge is 2.12. The van der Waals surface area contributed by atoms with Crippen LogP contribution >= 0.6 is 0 Å². The molecule has 3 rings (SSSR count). The quantitative estimate of drug-likeness (QED) is 0.897. The molecule has 2 aliphatic rings. The second-order valence-electron chi connectivity index (χ2n) is 5.59. The van der Waals surface area contributed by atoms with Crippen molar-refractivity contribution in [2.75, 3.05) is 39.3 Å². The summed E-state index contributed by atoms with van der Waals surface area (Å²) in [5, 5.41) is 3.46. The minimum Gasteiger partial charge on any atom is -0.493 e. The standard InChI is InChI=1S/C16H24N2O/c1-3-15-13-14(4-5-16(15)19-12-1)6-10-18-9-2-7-17-8-11-18/h4-5,13,17H,1-3,6-12H2. The number of hydrogen-bond donors (Lipinski definition) is 1. The molecule has 0 radical (unpaired) electrons. The van der Waals surface area contributed by atoms with E-state index >= 15 is 0 Å². The molecule has 0 aliphatic carbocycles. The Hall–Kier alpha value is -1.06. The average molecular weight is 260 g/mol. The van der Waals surface area contributed by atoms with Crippen molar-refractivity contribution in [2.24, 2.45) is 0 Å². The summed E-state index contributed by atoms with van der Waals surface area (Å²) >= 11 is 0. The Kier molecular flexibility index (Phi) is 4.36. The van der Waals surface area contributed by atoms with E-state index in [1.165, 1.54) is 50.1 Å². The number of benzene rings is 1. The van der Waals surface area contributed by atoms with E-state index in [0.29, 0.717) is 0 Å². The number of ether oxygens (including phenoxy) is 1. The largest absolute Gasteiger partial charge is 0.493 e. The molecular weight excluding hydrogens is 236 g/mol. The van der Waals surface area contributed by atoms with Crippen molar-refractivity contribution in [3.63, 3.8) is 0 Å². The van der Waals surface area contributed by atoms with Gasteiger partial charge in [-0.15, -0.1) is 0 Å². The Morgan fingerprint density at radius 2 is 2.16 bits per heavy atom. The normalized spacial score (nSPS) is 20.4. The predicted molar refractivity (Wildman–Crippen MR) is 77.9 cm³/mol. The Balaban J connectivity index is 1.57. The van der Waals surface area contributed by atoms with Crippen LogP contribution in [0.2, 0.25) is 0 Å². The molecule has 0 unspecified atom stereocenters. The van der Waals surface area contributed by atoms with E-state index in [0.717, 1.165) is 31.7 Å². The number of aryl methyl sites for hydroxylation is 1. The molecule has 2 aliphatic heterocycles. The van der Waals surface area contributed by atoms with Gasteiger partial charge in [0.05, 0.1) is 6.61 Å². The van der Waals surface area contributed by atoms with E-state index in [4.69, 9.17) is 4.74 Å². The SMILES string of the molecule is c1cc2c(cc1CCN1CCCNCC1)CCCO2. The van der Waals surface area contributed by atoms with E-state index in [2.05, 4.69) is 28.4 Å².